The molecule has 1 amide bonds. The van der Waals surface area contributed by atoms with Crippen LogP contribution in [0.25, 0.3) is 0 Å². The Labute approximate surface area is 167 Å². The van der Waals surface area contributed by atoms with Crippen molar-refractivity contribution in [1.82, 2.24) is 5.32 Å². The highest BCUT2D eigenvalue weighted by Crippen LogP contribution is 2.39. The molecule has 0 spiro atoms. The van der Waals surface area contributed by atoms with Crippen LogP contribution in [0, 0.1) is 5.82 Å². The highest BCUT2D eigenvalue weighted by Gasteiger charge is 2.42. The van der Waals surface area contributed by atoms with E-state index in [2.05, 4.69) is 5.32 Å². The van der Waals surface area contributed by atoms with Crippen LogP contribution in [0.4, 0.5) is 4.39 Å². The molecule has 0 bridgehead atoms. The van der Waals surface area contributed by atoms with Crippen molar-refractivity contribution in [2.75, 3.05) is 26.4 Å². The predicted octanol–water partition coefficient (Wildman–Crippen LogP) is 4.38. The van der Waals surface area contributed by atoms with Crippen LogP contribution in [-0.4, -0.2) is 32.3 Å². The first kappa shape index (κ1) is 19.9. The van der Waals surface area contributed by atoms with E-state index in [1.165, 1.54) is 12.1 Å². The number of carbonyl (C=O) groups is 1. The zero-order chi connectivity index (χ0) is 19.3. The lowest BCUT2D eigenvalue weighted by Gasteiger charge is -2.36. The van der Waals surface area contributed by atoms with Gasteiger partial charge < -0.3 is 14.8 Å². The number of amides is 1. The number of halogens is 3. The molecule has 0 aromatic heterocycles. The lowest BCUT2D eigenvalue weighted by molar-refractivity contribution is -0.130. The quantitative estimate of drug-likeness (QED) is 0.717. The molecule has 1 fully saturated rings. The van der Waals surface area contributed by atoms with Crippen LogP contribution in [-0.2, 0) is 14.9 Å². The summed E-state index contributed by atoms with van der Waals surface area (Å²) in [5.74, 6) is 0.113. The van der Waals surface area contributed by atoms with Gasteiger partial charge in [-0.1, -0.05) is 29.3 Å². The first-order valence-corrected chi connectivity index (χ1v) is 9.47. The normalized spacial score (nSPS) is 16.0. The molecule has 2 aromatic rings. The van der Waals surface area contributed by atoms with Crippen molar-refractivity contribution in [3.05, 3.63) is 63.9 Å². The van der Waals surface area contributed by atoms with Crippen molar-refractivity contribution in [1.29, 1.82) is 0 Å². The van der Waals surface area contributed by atoms with Crippen LogP contribution in [0.2, 0.25) is 10.0 Å². The van der Waals surface area contributed by atoms with Gasteiger partial charge in [-0.25, -0.2) is 4.39 Å². The molecule has 0 atom stereocenters. The van der Waals surface area contributed by atoms with Crippen LogP contribution in [0.5, 0.6) is 5.75 Å². The van der Waals surface area contributed by atoms with Gasteiger partial charge in [0.05, 0.1) is 12.0 Å². The Morgan fingerprint density at radius 3 is 2.52 bits per heavy atom. The van der Waals surface area contributed by atoms with E-state index in [4.69, 9.17) is 32.7 Å². The molecule has 27 heavy (non-hydrogen) atoms. The fourth-order valence-electron chi connectivity index (χ4n) is 3.25. The van der Waals surface area contributed by atoms with E-state index in [1.54, 1.807) is 24.3 Å². The van der Waals surface area contributed by atoms with Gasteiger partial charge >= 0.3 is 0 Å². The third kappa shape index (κ3) is 4.72. The van der Waals surface area contributed by atoms with Gasteiger partial charge in [0.1, 0.15) is 18.2 Å². The molecule has 0 unspecified atom stereocenters. The Morgan fingerprint density at radius 1 is 1.15 bits per heavy atom. The van der Waals surface area contributed by atoms with Gasteiger partial charge in [0.2, 0.25) is 5.91 Å². The summed E-state index contributed by atoms with van der Waals surface area (Å²) in [6.07, 6.45) is 1.08. The van der Waals surface area contributed by atoms with Gasteiger partial charge in [0.15, 0.2) is 0 Å². The number of ether oxygens (including phenoxy) is 2. The van der Waals surface area contributed by atoms with Crippen LogP contribution < -0.4 is 10.1 Å². The molecule has 1 saturated heterocycles. The first-order chi connectivity index (χ1) is 13.0. The summed E-state index contributed by atoms with van der Waals surface area (Å²) in [5.41, 5.74) is 0.00400. The monoisotopic (exact) mass is 411 g/mol. The summed E-state index contributed by atoms with van der Waals surface area (Å²) >= 11 is 12.4. The fraction of sp³-hybridized carbons (Fsp3) is 0.350. The minimum absolute atomic E-state index is 0.113. The van der Waals surface area contributed by atoms with Crippen LogP contribution in [0.1, 0.15) is 18.4 Å². The van der Waals surface area contributed by atoms with Crippen molar-refractivity contribution in [2.45, 2.75) is 18.3 Å². The van der Waals surface area contributed by atoms with Crippen molar-refractivity contribution >= 4 is 29.1 Å². The molecule has 1 N–H and O–H groups in total. The molecule has 2 aromatic carbocycles. The van der Waals surface area contributed by atoms with Gasteiger partial charge in [-0.2, -0.15) is 0 Å². The Kier molecular flexibility index (Phi) is 6.58. The average Bonchev–Trinajstić information content (AvgIpc) is 2.67. The SMILES string of the molecule is O=C(NCCOc1ccc(F)cc1)C1(c2ccc(Cl)cc2Cl)CCOCC1. The topological polar surface area (TPSA) is 47.6 Å². The van der Waals surface area contributed by atoms with E-state index in [1.807, 2.05) is 6.07 Å². The van der Waals surface area contributed by atoms with Crippen molar-refractivity contribution in [2.24, 2.45) is 0 Å². The Balaban J connectivity index is 1.66. The molecule has 7 heteroatoms. The highest BCUT2D eigenvalue weighted by molar-refractivity contribution is 6.35. The van der Waals surface area contributed by atoms with Crippen molar-refractivity contribution < 1.29 is 18.7 Å². The lowest BCUT2D eigenvalue weighted by atomic mass is 9.73. The number of benzene rings is 2. The molecular weight excluding hydrogens is 392 g/mol. The van der Waals surface area contributed by atoms with Crippen molar-refractivity contribution in [3.63, 3.8) is 0 Å². The molecule has 4 nitrogen and oxygen atoms in total. The van der Waals surface area contributed by atoms with Crippen molar-refractivity contribution in [3.8, 4) is 5.75 Å². The molecule has 0 aliphatic carbocycles. The maximum Gasteiger partial charge on any atom is 0.231 e. The van der Waals surface area contributed by atoms with E-state index >= 15 is 0 Å². The zero-order valence-electron chi connectivity index (χ0n) is 14.6. The smallest absolute Gasteiger partial charge is 0.231 e. The lowest BCUT2D eigenvalue weighted by Crippen LogP contribution is -2.49. The van der Waals surface area contributed by atoms with Crippen LogP contribution in [0.3, 0.4) is 0 Å². The third-order valence-corrected chi connectivity index (χ3v) is 5.25. The number of hydrogen-bond acceptors (Lipinski definition) is 3. The molecule has 1 aliphatic heterocycles. The molecule has 144 valence electrons. The summed E-state index contributed by atoms with van der Waals surface area (Å²) in [7, 11) is 0. The summed E-state index contributed by atoms with van der Waals surface area (Å²) in [6.45, 7) is 1.57. The first-order valence-electron chi connectivity index (χ1n) is 8.71. The van der Waals surface area contributed by atoms with E-state index in [0.717, 1.165) is 5.56 Å². The highest BCUT2D eigenvalue weighted by atomic mass is 35.5. The second-order valence-corrected chi connectivity index (χ2v) is 7.22. The summed E-state index contributed by atoms with van der Waals surface area (Å²) in [6, 6.07) is 11.0. The minimum atomic E-state index is -0.754. The average molecular weight is 412 g/mol. The predicted molar refractivity (Wildman–Crippen MR) is 103 cm³/mol. The van der Waals surface area contributed by atoms with Gasteiger partial charge in [-0.3, -0.25) is 4.79 Å². The molecular formula is C20H20Cl2FNO3. The second kappa shape index (κ2) is 8.91. The van der Waals surface area contributed by atoms with E-state index < -0.39 is 5.41 Å². The van der Waals surface area contributed by atoms with Crippen LogP contribution in [0.15, 0.2) is 42.5 Å². The summed E-state index contributed by atoms with van der Waals surface area (Å²) in [4.78, 5) is 13.1. The molecule has 3 rings (SSSR count). The Morgan fingerprint density at radius 2 is 1.85 bits per heavy atom. The Hall–Kier alpha value is -1.82. The van der Waals surface area contributed by atoms with E-state index in [9.17, 15) is 9.18 Å². The fourth-order valence-corrected chi connectivity index (χ4v) is 3.84. The third-order valence-electron chi connectivity index (χ3n) is 4.70. The van der Waals surface area contributed by atoms with E-state index in [0.29, 0.717) is 48.4 Å². The maximum absolute atomic E-state index is 13.1. The molecule has 1 heterocycles. The summed E-state index contributed by atoms with van der Waals surface area (Å²) < 4.78 is 23.9. The molecule has 0 saturated carbocycles. The van der Waals surface area contributed by atoms with Gasteiger partial charge in [-0.05, 0) is 54.8 Å². The number of nitrogens with one attached hydrogen (secondary N) is 1. The molecule has 1 aliphatic rings. The Bertz CT molecular complexity index is 792. The second-order valence-electron chi connectivity index (χ2n) is 6.38. The largest absolute Gasteiger partial charge is 0.492 e. The van der Waals surface area contributed by atoms with Gasteiger partial charge in [0, 0.05) is 23.3 Å². The zero-order valence-corrected chi connectivity index (χ0v) is 16.2. The molecule has 0 radical (unpaired) electrons. The number of rotatable bonds is 6. The maximum atomic E-state index is 13.1. The van der Waals surface area contributed by atoms with Gasteiger partial charge in [-0.15, -0.1) is 0 Å². The minimum Gasteiger partial charge on any atom is -0.492 e. The van der Waals surface area contributed by atoms with Gasteiger partial charge in [0.25, 0.3) is 0 Å². The number of carbonyl (C=O) groups excluding carboxylic acids is 1. The van der Waals surface area contributed by atoms with E-state index in [-0.39, 0.29) is 18.3 Å². The summed E-state index contributed by atoms with van der Waals surface area (Å²) in [5, 5.41) is 3.93. The number of hydrogen-bond donors (Lipinski definition) is 1. The van der Waals surface area contributed by atoms with Crippen LogP contribution >= 0.6 is 23.2 Å². The standard InChI is InChI=1S/C20H20Cl2FNO3/c21-14-1-6-17(18(22)13-14)20(7-10-26-11-8-20)19(25)24-9-12-27-16-4-2-15(23)3-5-16/h1-6,13H,7-12H2,(H,24,25).